The van der Waals surface area contributed by atoms with Gasteiger partial charge in [0.05, 0.1) is 19.0 Å². The average molecular weight is 542 g/mol. The molecule has 0 spiro atoms. The fraction of sp³-hybridized carbons (Fsp3) is 0.300. The van der Waals surface area contributed by atoms with E-state index in [0.29, 0.717) is 42.5 Å². The van der Waals surface area contributed by atoms with Crippen LogP contribution in [-0.4, -0.2) is 44.3 Å². The molecular weight excluding hydrogens is 510 g/mol. The van der Waals surface area contributed by atoms with E-state index in [1.165, 1.54) is 24.6 Å². The highest BCUT2D eigenvalue weighted by Gasteiger charge is 2.24. The van der Waals surface area contributed by atoms with Crippen LogP contribution < -0.4 is 5.32 Å². The number of hydrogen-bond donors (Lipinski definition) is 1. The number of nitrogens with zero attached hydrogens (tertiary/aromatic N) is 4. The van der Waals surface area contributed by atoms with Crippen molar-refractivity contribution in [2.24, 2.45) is 5.92 Å². The Morgan fingerprint density at radius 1 is 1.02 bits per heavy atom. The molecule has 4 aromatic rings. The third-order valence-corrected chi connectivity index (χ3v) is 6.69. The van der Waals surface area contributed by atoms with Crippen molar-refractivity contribution in [2.75, 3.05) is 12.4 Å². The van der Waals surface area contributed by atoms with Crippen LogP contribution in [0.3, 0.4) is 0 Å². The minimum Gasteiger partial charge on any atom is -0.438 e. The first-order valence-electron chi connectivity index (χ1n) is 13.3. The first kappa shape index (κ1) is 26.9. The molecule has 1 amide bonds. The summed E-state index contributed by atoms with van der Waals surface area (Å²) >= 11 is 0. The van der Waals surface area contributed by atoms with Gasteiger partial charge in [-0.2, -0.15) is 5.10 Å². The molecule has 10 heteroatoms. The molecule has 0 bridgehead atoms. The lowest BCUT2D eigenvalue weighted by molar-refractivity contribution is -0.119. The number of ether oxygens (including phenoxy) is 2. The smallest absolute Gasteiger partial charge is 0.438 e. The monoisotopic (exact) mass is 541 g/mol. The van der Waals surface area contributed by atoms with Crippen LogP contribution in [0, 0.1) is 5.92 Å². The molecule has 40 heavy (non-hydrogen) atoms. The van der Waals surface area contributed by atoms with Crippen LogP contribution in [0.2, 0.25) is 0 Å². The summed E-state index contributed by atoms with van der Waals surface area (Å²) in [6, 6.07) is 16.8. The number of imidazole rings is 1. The van der Waals surface area contributed by atoms with Crippen molar-refractivity contribution in [3.63, 3.8) is 0 Å². The summed E-state index contributed by atoms with van der Waals surface area (Å²) in [5.41, 5.74) is 3.67. The highest BCUT2D eigenvalue weighted by Crippen LogP contribution is 2.33. The summed E-state index contributed by atoms with van der Waals surface area (Å²) in [5.74, 6) is 1.02. The van der Waals surface area contributed by atoms with Gasteiger partial charge in [0.1, 0.15) is 5.78 Å². The number of para-hydroxylation sites is 1. The van der Waals surface area contributed by atoms with Gasteiger partial charge in [-0.3, -0.25) is 19.5 Å². The highest BCUT2D eigenvalue weighted by atomic mass is 16.7. The third-order valence-electron chi connectivity index (χ3n) is 6.69. The van der Waals surface area contributed by atoms with E-state index in [-0.39, 0.29) is 12.6 Å². The van der Waals surface area contributed by atoms with Crippen molar-refractivity contribution in [3.8, 4) is 16.8 Å². The van der Waals surface area contributed by atoms with Crippen molar-refractivity contribution < 1.29 is 23.9 Å². The number of amides is 1. The zero-order valence-electron chi connectivity index (χ0n) is 22.3. The van der Waals surface area contributed by atoms with E-state index >= 15 is 0 Å². The van der Waals surface area contributed by atoms with Crippen molar-refractivity contribution in [1.29, 1.82) is 0 Å². The minimum atomic E-state index is -0.796. The Bertz CT molecular complexity index is 1490. The van der Waals surface area contributed by atoms with Crippen LogP contribution in [0.5, 0.6) is 0 Å². The molecule has 2 aromatic carbocycles. The minimum absolute atomic E-state index is 0.0913. The number of anilines is 1. The van der Waals surface area contributed by atoms with Gasteiger partial charge >= 0.3 is 6.16 Å². The fourth-order valence-corrected chi connectivity index (χ4v) is 4.41. The number of ketones is 1. The zero-order valence-corrected chi connectivity index (χ0v) is 22.3. The predicted molar refractivity (Wildman–Crippen MR) is 148 cm³/mol. The van der Waals surface area contributed by atoms with Crippen LogP contribution >= 0.6 is 0 Å². The second kappa shape index (κ2) is 12.4. The first-order chi connectivity index (χ1) is 19.5. The molecule has 0 saturated heterocycles. The van der Waals surface area contributed by atoms with Gasteiger partial charge in [-0.15, -0.1) is 0 Å². The fourth-order valence-electron chi connectivity index (χ4n) is 4.41. The largest absolute Gasteiger partial charge is 0.509 e. The Morgan fingerprint density at radius 2 is 1.85 bits per heavy atom. The van der Waals surface area contributed by atoms with Crippen LogP contribution in [0.25, 0.3) is 16.8 Å². The van der Waals surface area contributed by atoms with Crippen molar-refractivity contribution in [3.05, 3.63) is 84.4 Å². The van der Waals surface area contributed by atoms with Gasteiger partial charge in [0.15, 0.2) is 6.73 Å². The Kier molecular flexibility index (Phi) is 8.34. The topological polar surface area (TPSA) is 117 Å². The van der Waals surface area contributed by atoms with Crippen LogP contribution in [0.4, 0.5) is 10.7 Å². The summed E-state index contributed by atoms with van der Waals surface area (Å²) in [6.45, 7) is -0.0913. The second-order valence-electron chi connectivity index (χ2n) is 9.83. The first-order valence-corrected chi connectivity index (χ1v) is 13.3. The SMILES string of the molecule is COC(=O)OCn1cc(-c2cccc(C(=O)Nc3nc(CCCC(=O)CC4CC4)cn3-c3ccccc3)c2)cn1. The Balaban J connectivity index is 1.29. The average Bonchev–Trinajstić information content (AvgIpc) is 3.50. The van der Waals surface area contributed by atoms with Crippen LogP contribution in [-0.2, 0) is 27.4 Å². The van der Waals surface area contributed by atoms with Gasteiger partial charge in [0, 0.05) is 42.0 Å². The molecule has 206 valence electrons. The van der Waals surface area contributed by atoms with Gasteiger partial charge in [-0.25, -0.2) is 14.5 Å². The van der Waals surface area contributed by atoms with Crippen LogP contribution in [0.1, 0.15) is 48.2 Å². The Hall–Kier alpha value is -4.73. The normalized spacial score (nSPS) is 12.6. The molecule has 0 atom stereocenters. The van der Waals surface area contributed by atoms with Crippen molar-refractivity contribution >= 4 is 23.8 Å². The number of nitrogens with one attached hydrogen (secondary N) is 1. The van der Waals surface area contributed by atoms with Crippen molar-refractivity contribution in [1.82, 2.24) is 19.3 Å². The molecule has 5 rings (SSSR count). The maximum atomic E-state index is 13.3. The molecule has 1 aliphatic rings. The summed E-state index contributed by atoms with van der Waals surface area (Å²) in [6.07, 6.45) is 9.43. The second-order valence-corrected chi connectivity index (χ2v) is 9.83. The van der Waals surface area contributed by atoms with Crippen LogP contribution in [0.15, 0.2) is 73.2 Å². The molecule has 10 nitrogen and oxygen atoms in total. The molecule has 0 radical (unpaired) electrons. The number of aromatic nitrogens is 4. The standard InChI is InChI=1S/C30H31N5O5/c1-39-30(38)40-20-34-18-24(17-31-34)22-7-5-8-23(16-22)28(37)33-29-32-25(9-6-12-27(36)15-21-13-14-21)19-35(29)26-10-3-2-4-11-26/h2-5,7-8,10-11,16-19,21H,6,9,12-15,20H2,1H3,(H,32,33,37). The maximum absolute atomic E-state index is 13.3. The summed E-state index contributed by atoms with van der Waals surface area (Å²) in [4.78, 5) is 41.4. The summed E-state index contributed by atoms with van der Waals surface area (Å²) in [7, 11) is 1.24. The molecule has 0 aliphatic heterocycles. The van der Waals surface area contributed by atoms with Gasteiger partial charge in [0.25, 0.3) is 5.91 Å². The number of benzene rings is 2. The number of methoxy groups -OCH3 is 1. The predicted octanol–water partition coefficient (Wildman–Crippen LogP) is 5.42. The number of carbonyl (C=O) groups is 3. The number of carbonyl (C=O) groups excluding carboxylic acids is 3. The molecule has 1 N–H and O–H groups in total. The summed E-state index contributed by atoms with van der Waals surface area (Å²) in [5, 5.41) is 7.15. The van der Waals surface area contributed by atoms with E-state index in [9.17, 15) is 14.4 Å². The maximum Gasteiger partial charge on any atom is 0.509 e. The molecule has 1 fully saturated rings. The zero-order chi connectivity index (χ0) is 27.9. The number of rotatable bonds is 12. The van der Waals surface area contributed by atoms with E-state index in [4.69, 9.17) is 9.72 Å². The van der Waals surface area contributed by atoms with E-state index in [2.05, 4.69) is 15.2 Å². The highest BCUT2D eigenvalue weighted by molar-refractivity contribution is 6.04. The Morgan fingerprint density at radius 3 is 2.62 bits per heavy atom. The lowest BCUT2D eigenvalue weighted by Crippen LogP contribution is -2.15. The number of aryl methyl sites for hydroxylation is 1. The van der Waals surface area contributed by atoms with E-state index < -0.39 is 6.16 Å². The lowest BCUT2D eigenvalue weighted by Gasteiger charge is -2.09. The molecule has 2 heterocycles. The quantitative estimate of drug-likeness (QED) is 0.238. The third kappa shape index (κ3) is 7.02. The number of hydrogen-bond acceptors (Lipinski definition) is 7. The molecule has 1 saturated carbocycles. The van der Waals surface area contributed by atoms with E-state index in [0.717, 1.165) is 28.9 Å². The molecule has 1 aliphatic carbocycles. The van der Waals surface area contributed by atoms with Gasteiger partial charge in [-0.05, 0) is 61.4 Å². The van der Waals surface area contributed by atoms with Gasteiger partial charge < -0.3 is 9.47 Å². The molecule has 0 unspecified atom stereocenters. The molecular formula is C30H31N5O5. The van der Waals surface area contributed by atoms with Gasteiger partial charge in [-0.1, -0.05) is 30.3 Å². The molecule has 2 aromatic heterocycles. The lowest BCUT2D eigenvalue weighted by atomic mass is 10.1. The number of Topliss-reactive ketones (excluding diaryl/α,β-unsaturated/α-hetero) is 1. The van der Waals surface area contributed by atoms with E-state index in [1.807, 2.05) is 47.2 Å². The Labute approximate surface area is 231 Å². The van der Waals surface area contributed by atoms with Gasteiger partial charge in [0.2, 0.25) is 5.95 Å². The summed E-state index contributed by atoms with van der Waals surface area (Å²) < 4.78 is 12.7. The van der Waals surface area contributed by atoms with Crippen molar-refractivity contribution in [2.45, 2.75) is 45.3 Å². The van der Waals surface area contributed by atoms with E-state index in [1.54, 1.807) is 30.6 Å².